The molecule has 0 bridgehead atoms. The SMILES string of the molecule is CN1CCN(c2ccc([N+](=O)[O-])c(N3CCCCCC3)c2)CC1. The summed E-state index contributed by atoms with van der Waals surface area (Å²) in [7, 11) is 2.13. The molecule has 6 nitrogen and oxygen atoms in total. The van der Waals surface area contributed by atoms with Crippen molar-refractivity contribution in [1.82, 2.24) is 4.90 Å². The van der Waals surface area contributed by atoms with Crippen LogP contribution >= 0.6 is 0 Å². The molecule has 1 aromatic rings. The molecule has 23 heavy (non-hydrogen) atoms. The van der Waals surface area contributed by atoms with Crippen LogP contribution < -0.4 is 9.80 Å². The fourth-order valence-corrected chi connectivity index (χ4v) is 3.49. The van der Waals surface area contributed by atoms with E-state index in [1.807, 2.05) is 12.1 Å². The van der Waals surface area contributed by atoms with Gasteiger partial charge in [0.1, 0.15) is 5.69 Å². The Bertz CT molecular complexity index is 548. The van der Waals surface area contributed by atoms with Gasteiger partial charge in [0.2, 0.25) is 0 Å². The Kier molecular flexibility index (Phi) is 5.00. The van der Waals surface area contributed by atoms with Crippen molar-refractivity contribution in [1.29, 1.82) is 0 Å². The Balaban J connectivity index is 1.88. The zero-order valence-corrected chi connectivity index (χ0v) is 13.9. The summed E-state index contributed by atoms with van der Waals surface area (Å²) < 4.78 is 0. The van der Waals surface area contributed by atoms with E-state index in [0.717, 1.165) is 63.5 Å². The van der Waals surface area contributed by atoms with Gasteiger partial charge in [-0.3, -0.25) is 10.1 Å². The van der Waals surface area contributed by atoms with Gasteiger partial charge in [-0.15, -0.1) is 0 Å². The number of benzene rings is 1. The summed E-state index contributed by atoms with van der Waals surface area (Å²) in [6.45, 7) is 5.88. The third-order valence-corrected chi connectivity index (χ3v) is 4.97. The van der Waals surface area contributed by atoms with Crippen LogP contribution in [-0.4, -0.2) is 56.1 Å². The third-order valence-electron chi connectivity index (χ3n) is 4.97. The molecule has 0 unspecified atom stereocenters. The standard InChI is InChI=1S/C17H26N4O2/c1-18-10-12-19(13-11-18)15-6-7-16(21(22)23)17(14-15)20-8-4-2-3-5-9-20/h6-7,14H,2-5,8-13H2,1H3. The van der Waals surface area contributed by atoms with E-state index >= 15 is 0 Å². The van der Waals surface area contributed by atoms with Crippen molar-refractivity contribution in [3.63, 3.8) is 0 Å². The molecule has 0 N–H and O–H groups in total. The van der Waals surface area contributed by atoms with Crippen LogP contribution in [0, 0.1) is 10.1 Å². The fourth-order valence-electron chi connectivity index (χ4n) is 3.49. The molecule has 6 heteroatoms. The Morgan fingerprint density at radius 2 is 1.57 bits per heavy atom. The number of nitrogens with zero attached hydrogens (tertiary/aromatic N) is 4. The van der Waals surface area contributed by atoms with Gasteiger partial charge in [-0.1, -0.05) is 12.8 Å². The van der Waals surface area contributed by atoms with Crippen molar-refractivity contribution in [2.75, 3.05) is 56.1 Å². The first-order chi connectivity index (χ1) is 11.1. The summed E-state index contributed by atoms with van der Waals surface area (Å²) in [4.78, 5) is 18.1. The maximum absolute atomic E-state index is 11.4. The lowest BCUT2D eigenvalue weighted by atomic mass is 10.1. The van der Waals surface area contributed by atoms with Crippen LogP contribution in [-0.2, 0) is 0 Å². The van der Waals surface area contributed by atoms with Crippen molar-refractivity contribution >= 4 is 17.1 Å². The number of hydrogen-bond acceptors (Lipinski definition) is 5. The summed E-state index contributed by atoms with van der Waals surface area (Å²) in [6, 6.07) is 5.63. The minimum Gasteiger partial charge on any atom is -0.369 e. The molecule has 0 radical (unpaired) electrons. The molecule has 2 aliphatic rings. The highest BCUT2D eigenvalue weighted by Crippen LogP contribution is 2.34. The van der Waals surface area contributed by atoms with Crippen LogP contribution in [0.3, 0.4) is 0 Å². The van der Waals surface area contributed by atoms with Gasteiger partial charge in [-0.05, 0) is 32.0 Å². The number of hydrogen-bond donors (Lipinski definition) is 0. The predicted octanol–water partition coefficient (Wildman–Crippen LogP) is 2.73. The van der Waals surface area contributed by atoms with Gasteiger partial charge >= 0.3 is 0 Å². The molecule has 2 heterocycles. The smallest absolute Gasteiger partial charge is 0.292 e. The minimum atomic E-state index is -0.242. The van der Waals surface area contributed by atoms with E-state index in [4.69, 9.17) is 0 Å². The molecule has 0 spiro atoms. The zero-order valence-electron chi connectivity index (χ0n) is 13.9. The van der Waals surface area contributed by atoms with E-state index in [9.17, 15) is 10.1 Å². The van der Waals surface area contributed by atoms with Crippen LogP contribution in [0.25, 0.3) is 0 Å². The van der Waals surface area contributed by atoms with Gasteiger partial charge < -0.3 is 14.7 Å². The molecule has 3 rings (SSSR count). The van der Waals surface area contributed by atoms with E-state index in [-0.39, 0.29) is 10.6 Å². The van der Waals surface area contributed by atoms with Crippen molar-refractivity contribution in [2.24, 2.45) is 0 Å². The second-order valence-electron chi connectivity index (χ2n) is 6.62. The van der Waals surface area contributed by atoms with Crippen LogP contribution in [0.4, 0.5) is 17.1 Å². The lowest BCUT2D eigenvalue weighted by Gasteiger charge is -2.34. The average Bonchev–Trinajstić information content (AvgIpc) is 2.84. The number of rotatable bonds is 3. The highest BCUT2D eigenvalue weighted by Gasteiger charge is 2.23. The zero-order chi connectivity index (χ0) is 16.2. The lowest BCUT2D eigenvalue weighted by Crippen LogP contribution is -2.44. The second-order valence-corrected chi connectivity index (χ2v) is 6.62. The maximum Gasteiger partial charge on any atom is 0.292 e. The van der Waals surface area contributed by atoms with Crippen LogP contribution in [0.1, 0.15) is 25.7 Å². The van der Waals surface area contributed by atoms with Crippen molar-refractivity contribution in [3.05, 3.63) is 28.3 Å². The van der Waals surface area contributed by atoms with Gasteiger partial charge in [0, 0.05) is 51.0 Å². The summed E-state index contributed by atoms with van der Waals surface area (Å²) in [5.41, 5.74) is 2.15. The molecule has 0 amide bonds. The highest BCUT2D eigenvalue weighted by atomic mass is 16.6. The molecule has 126 valence electrons. The molecular formula is C17H26N4O2. The predicted molar refractivity (Wildman–Crippen MR) is 93.5 cm³/mol. The number of likely N-dealkylation sites (N-methyl/N-ethyl adjacent to an activating group) is 1. The molecule has 0 aliphatic carbocycles. The average molecular weight is 318 g/mol. The Morgan fingerprint density at radius 1 is 0.913 bits per heavy atom. The van der Waals surface area contributed by atoms with Gasteiger partial charge in [0.15, 0.2) is 0 Å². The first-order valence-electron chi connectivity index (χ1n) is 8.62. The van der Waals surface area contributed by atoms with E-state index in [0.29, 0.717) is 0 Å². The summed E-state index contributed by atoms with van der Waals surface area (Å²) in [6.07, 6.45) is 4.69. The molecule has 2 saturated heterocycles. The Labute approximate surface area is 137 Å². The monoisotopic (exact) mass is 318 g/mol. The maximum atomic E-state index is 11.4. The van der Waals surface area contributed by atoms with Gasteiger partial charge in [0.25, 0.3) is 5.69 Å². The minimum absolute atomic E-state index is 0.241. The quantitative estimate of drug-likeness (QED) is 0.633. The normalized spacial score (nSPS) is 20.4. The molecule has 1 aromatic carbocycles. The summed E-state index contributed by atoms with van der Waals surface area (Å²) in [5, 5.41) is 11.4. The second kappa shape index (κ2) is 7.17. The lowest BCUT2D eigenvalue weighted by molar-refractivity contribution is -0.384. The number of nitro groups is 1. The van der Waals surface area contributed by atoms with Crippen molar-refractivity contribution in [3.8, 4) is 0 Å². The molecule has 0 atom stereocenters. The fraction of sp³-hybridized carbons (Fsp3) is 0.647. The number of anilines is 2. The Hall–Kier alpha value is -1.82. The molecule has 0 aromatic heterocycles. The van der Waals surface area contributed by atoms with E-state index in [1.54, 1.807) is 6.07 Å². The summed E-state index contributed by atoms with van der Waals surface area (Å²) >= 11 is 0. The van der Waals surface area contributed by atoms with E-state index in [1.165, 1.54) is 12.8 Å². The van der Waals surface area contributed by atoms with Gasteiger partial charge in [-0.25, -0.2) is 0 Å². The molecule has 2 aliphatic heterocycles. The molecular weight excluding hydrogens is 292 g/mol. The first kappa shape index (κ1) is 16.1. The molecule has 2 fully saturated rings. The first-order valence-corrected chi connectivity index (χ1v) is 8.62. The van der Waals surface area contributed by atoms with Gasteiger partial charge in [-0.2, -0.15) is 0 Å². The van der Waals surface area contributed by atoms with Crippen LogP contribution in [0.15, 0.2) is 18.2 Å². The van der Waals surface area contributed by atoms with Crippen molar-refractivity contribution < 1.29 is 4.92 Å². The molecule has 0 saturated carbocycles. The summed E-state index contributed by atoms with van der Waals surface area (Å²) in [5.74, 6) is 0. The third kappa shape index (κ3) is 3.75. The van der Waals surface area contributed by atoms with Gasteiger partial charge in [0.05, 0.1) is 4.92 Å². The highest BCUT2D eigenvalue weighted by molar-refractivity contribution is 5.70. The van der Waals surface area contributed by atoms with Crippen LogP contribution in [0.2, 0.25) is 0 Å². The van der Waals surface area contributed by atoms with E-state index < -0.39 is 0 Å². The topological polar surface area (TPSA) is 52.9 Å². The Morgan fingerprint density at radius 3 is 2.17 bits per heavy atom. The largest absolute Gasteiger partial charge is 0.369 e. The number of piperazine rings is 1. The van der Waals surface area contributed by atoms with E-state index in [2.05, 4.69) is 21.7 Å². The number of nitro benzene ring substituents is 1. The van der Waals surface area contributed by atoms with Crippen molar-refractivity contribution in [2.45, 2.75) is 25.7 Å². The van der Waals surface area contributed by atoms with Crippen LogP contribution in [0.5, 0.6) is 0 Å².